The van der Waals surface area contributed by atoms with E-state index in [1.54, 1.807) is 12.3 Å². The summed E-state index contributed by atoms with van der Waals surface area (Å²) in [5.41, 5.74) is 0.486. The average molecular weight is 439 g/mol. The zero-order valence-corrected chi connectivity index (χ0v) is 17.5. The van der Waals surface area contributed by atoms with E-state index in [0.29, 0.717) is 16.4 Å². The summed E-state index contributed by atoms with van der Waals surface area (Å²) < 4.78 is 13.2. The quantitative estimate of drug-likeness (QED) is 0.595. The lowest BCUT2D eigenvalue weighted by Crippen LogP contribution is -2.42. The highest BCUT2D eigenvalue weighted by molar-refractivity contribution is 7.19. The number of benzene rings is 1. The molecule has 3 aromatic rings. The van der Waals surface area contributed by atoms with Crippen molar-refractivity contribution in [3.63, 3.8) is 0 Å². The van der Waals surface area contributed by atoms with E-state index in [4.69, 9.17) is 0 Å². The Morgan fingerprint density at radius 3 is 2.65 bits per heavy atom. The van der Waals surface area contributed by atoms with Crippen LogP contribution in [-0.2, 0) is 15.1 Å². The second-order valence-electron chi connectivity index (χ2n) is 7.15. The van der Waals surface area contributed by atoms with Gasteiger partial charge in [-0.3, -0.25) is 19.5 Å². The van der Waals surface area contributed by atoms with Gasteiger partial charge in [0.25, 0.3) is 5.91 Å². The maximum Gasteiger partial charge on any atom is 0.325 e. The lowest BCUT2D eigenvalue weighted by atomic mass is 9.92. The molecule has 1 aliphatic rings. The summed E-state index contributed by atoms with van der Waals surface area (Å²) >= 11 is 1.25. The Morgan fingerprint density at radius 1 is 1.23 bits per heavy atom. The van der Waals surface area contributed by atoms with Crippen LogP contribution in [0.25, 0.3) is 10.6 Å². The Balaban J connectivity index is 1.47. The van der Waals surface area contributed by atoms with Gasteiger partial charge in [0.1, 0.15) is 17.9 Å². The molecule has 0 saturated carbocycles. The molecule has 1 aliphatic heterocycles. The smallest absolute Gasteiger partial charge is 0.319 e. The number of urea groups is 1. The molecule has 2 N–H and O–H groups in total. The third-order valence-electron chi connectivity index (χ3n) is 4.94. The van der Waals surface area contributed by atoms with Gasteiger partial charge in [0.2, 0.25) is 5.91 Å². The molecule has 2 aromatic heterocycles. The van der Waals surface area contributed by atoms with Crippen molar-refractivity contribution in [3.05, 3.63) is 65.7 Å². The first-order chi connectivity index (χ1) is 14.8. The van der Waals surface area contributed by atoms with Gasteiger partial charge in [-0.05, 0) is 43.7 Å². The van der Waals surface area contributed by atoms with Crippen molar-refractivity contribution in [3.8, 4) is 10.6 Å². The number of carbonyl (C=O) groups is 3. The SMILES string of the molecule is Cc1nc(NC(=O)CN2C(=O)NC(C)(c3ccc(F)cc3)C2=O)sc1-c1ccccn1. The van der Waals surface area contributed by atoms with Gasteiger partial charge in [-0.25, -0.2) is 14.2 Å². The highest BCUT2D eigenvalue weighted by atomic mass is 32.1. The van der Waals surface area contributed by atoms with Crippen LogP contribution in [0.15, 0.2) is 48.7 Å². The fraction of sp³-hybridized carbons (Fsp3) is 0.190. The molecule has 1 atom stereocenters. The number of halogens is 1. The monoisotopic (exact) mass is 439 g/mol. The minimum atomic E-state index is -1.38. The molecule has 1 saturated heterocycles. The summed E-state index contributed by atoms with van der Waals surface area (Å²) in [6.45, 7) is 2.85. The normalized spacial score (nSPS) is 18.2. The predicted octanol–water partition coefficient (Wildman–Crippen LogP) is 3.06. The zero-order chi connectivity index (χ0) is 22.2. The number of amides is 4. The molecule has 0 spiro atoms. The molecule has 8 nitrogen and oxygen atoms in total. The Morgan fingerprint density at radius 2 is 1.97 bits per heavy atom. The number of imide groups is 1. The summed E-state index contributed by atoms with van der Waals surface area (Å²) in [6.07, 6.45) is 1.67. The summed E-state index contributed by atoms with van der Waals surface area (Å²) in [5.74, 6) is -1.61. The second kappa shape index (κ2) is 7.88. The maximum atomic E-state index is 13.2. The van der Waals surface area contributed by atoms with Crippen LogP contribution in [0.3, 0.4) is 0 Å². The van der Waals surface area contributed by atoms with Crippen LogP contribution in [0.4, 0.5) is 14.3 Å². The predicted molar refractivity (Wildman–Crippen MR) is 113 cm³/mol. The van der Waals surface area contributed by atoms with Gasteiger partial charge in [-0.15, -0.1) is 0 Å². The zero-order valence-electron chi connectivity index (χ0n) is 16.7. The minimum absolute atomic E-state index is 0.344. The van der Waals surface area contributed by atoms with E-state index in [-0.39, 0.29) is 0 Å². The summed E-state index contributed by atoms with van der Waals surface area (Å²) in [6, 6.07) is 10.1. The molecular formula is C21H18FN5O3S. The van der Waals surface area contributed by atoms with Crippen molar-refractivity contribution in [2.75, 3.05) is 11.9 Å². The Labute approximate surface area is 181 Å². The molecule has 31 heavy (non-hydrogen) atoms. The topological polar surface area (TPSA) is 104 Å². The highest BCUT2D eigenvalue weighted by Gasteiger charge is 2.49. The Kier molecular flexibility index (Phi) is 5.24. The summed E-state index contributed by atoms with van der Waals surface area (Å²) in [5, 5.41) is 5.56. The van der Waals surface area contributed by atoms with Crippen molar-refractivity contribution in [1.82, 2.24) is 20.2 Å². The van der Waals surface area contributed by atoms with Crippen LogP contribution in [0.1, 0.15) is 18.2 Å². The molecule has 0 radical (unpaired) electrons. The van der Waals surface area contributed by atoms with Gasteiger partial charge in [0.05, 0.1) is 16.3 Å². The van der Waals surface area contributed by atoms with E-state index in [9.17, 15) is 18.8 Å². The number of aryl methyl sites for hydroxylation is 1. The maximum absolute atomic E-state index is 13.2. The standard InChI is InChI=1S/C21H18FN5O3S/c1-12-17(15-5-3-4-10-23-15)31-19(24-12)25-16(28)11-27-18(29)21(2,26-20(27)30)13-6-8-14(22)9-7-13/h3-10H,11H2,1-2H3,(H,26,30)(H,24,25,28). The molecule has 158 valence electrons. The molecule has 4 rings (SSSR count). The van der Waals surface area contributed by atoms with Crippen molar-refractivity contribution >= 4 is 34.3 Å². The number of carbonyl (C=O) groups excluding carboxylic acids is 3. The number of pyridine rings is 1. The fourth-order valence-electron chi connectivity index (χ4n) is 3.31. The van der Waals surface area contributed by atoms with Gasteiger partial charge in [-0.2, -0.15) is 0 Å². The molecule has 1 fully saturated rings. The third-order valence-corrected chi connectivity index (χ3v) is 6.03. The van der Waals surface area contributed by atoms with Crippen molar-refractivity contribution in [2.45, 2.75) is 19.4 Å². The van der Waals surface area contributed by atoms with Crippen molar-refractivity contribution in [2.24, 2.45) is 0 Å². The van der Waals surface area contributed by atoms with Crippen LogP contribution in [0, 0.1) is 12.7 Å². The van der Waals surface area contributed by atoms with Gasteiger partial charge >= 0.3 is 6.03 Å². The molecule has 3 heterocycles. The average Bonchev–Trinajstić information content (AvgIpc) is 3.21. The van der Waals surface area contributed by atoms with E-state index in [1.165, 1.54) is 42.5 Å². The number of nitrogens with zero attached hydrogens (tertiary/aromatic N) is 3. The number of anilines is 1. The first kappa shape index (κ1) is 20.6. The highest BCUT2D eigenvalue weighted by Crippen LogP contribution is 2.32. The van der Waals surface area contributed by atoms with Gasteiger partial charge in [-0.1, -0.05) is 29.5 Å². The Bertz CT molecular complexity index is 1170. The van der Waals surface area contributed by atoms with Crippen LogP contribution in [-0.4, -0.2) is 39.3 Å². The van der Waals surface area contributed by atoms with Crippen LogP contribution < -0.4 is 10.6 Å². The van der Waals surface area contributed by atoms with E-state index in [1.807, 2.05) is 19.1 Å². The molecule has 0 bridgehead atoms. The van der Waals surface area contributed by atoms with Crippen molar-refractivity contribution in [1.29, 1.82) is 0 Å². The second-order valence-corrected chi connectivity index (χ2v) is 8.15. The van der Waals surface area contributed by atoms with E-state index in [0.717, 1.165) is 15.5 Å². The molecule has 4 amide bonds. The first-order valence-electron chi connectivity index (χ1n) is 9.37. The largest absolute Gasteiger partial charge is 0.325 e. The molecule has 10 heteroatoms. The van der Waals surface area contributed by atoms with Gasteiger partial charge in [0.15, 0.2) is 5.13 Å². The molecule has 1 unspecified atom stereocenters. The van der Waals surface area contributed by atoms with Crippen LogP contribution in [0.2, 0.25) is 0 Å². The first-order valence-corrected chi connectivity index (χ1v) is 10.2. The fourth-order valence-corrected chi connectivity index (χ4v) is 4.27. The van der Waals surface area contributed by atoms with Crippen LogP contribution >= 0.6 is 11.3 Å². The number of aromatic nitrogens is 2. The van der Waals surface area contributed by atoms with E-state index < -0.39 is 35.7 Å². The van der Waals surface area contributed by atoms with Gasteiger partial charge in [0, 0.05) is 6.20 Å². The molecule has 0 aliphatic carbocycles. The summed E-state index contributed by atoms with van der Waals surface area (Å²) in [4.78, 5) is 48.1. The number of rotatable bonds is 5. The lowest BCUT2D eigenvalue weighted by Gasteiger charge is -2.22. The Hall–Kier alpha value is -3.66. The third kappa shape index (κ3) is 3.89. The lowest BCUT2D eigenvalue weighted by molar-refractivity contribution is -0.133. The number of thiazole rings is 1. The number of hydrogen-bond acceptors (Lipinski definition) is 6. The van der Waals surface area contributed by atoms with Crippen LogP contribution in [0.5, 0.6) is 0 Å². The van der Waals surface area contributed by atoms with E-state index in [2.05, 4.69) is 20.6 Å². The minimum Gasteiger partial charge on any atom is -0.319 e. The van der Waals surface area contributed by atoms with Gasteiger partial charge < -0.3 is 10.6 Å². The van der Waals surface area contributed by atoms with E-state index >= 15 is 0 Å². The number of hydrogen-bond donors (Lipinski definition) is 2. The molecule has 1 aromatic carbocycles. The number of nitrogens with one attached hydrogen (secondary N) is 2. The van der Waals surface area contributed by atoms with Crippen molar-refractivity contribution < 1.29 is 18.8 Å². The molecular weight excluding hydrogens is 421 g/mol. The summed E-state index contributed by atoms with van der Waals surface area (Å²) in [7, 11) is 0.